The molecule has 0 fully saturated rings. The normalized spacial score (nSPS) is 10.0. The van der Waals surface area contributed by atoms with Crippen LogP contribution in [0.3, 0.4) is 0 Å². The minimum atomic E-state index is -0.607. The number of hydrazine groups is 1. The largest absolute Gasteiger partial charge is 0.483 e. The monoisotopic (exact) mass is 316 g/mol. The second kappa shape index (κ2) is 7.40. The molecule has 0 unspecified atom stereocenters. The van der Waals surface area contributed by atoms with Crippen LogP contribution < -0.4 is 15.6 Å². The van der Waals surface area contributed by atoms with E-state index in [9.17, 15) is 14.0 Å². The minimum Gasteiger partial charge on any atom is -0.483 e. The lowest BCUT2D eigenvalue weighted by Gasteiger charge is -2.12. The van der Waals surface area contributed by atoms with Gasteiger partial charge in [0.05, 0.1) is 0 Å². The van der Waals surface area contributed by atoms with Gasteiger partial charge in [-0.25, -0.2) is 4.39 Å². The predicted octanol–water partition coefficient (Wildman–Crippen LogP) is 2.28. The lowest BCUT2D eigenvalue weighted by molar-refractivity contribution is -0.123. The highest BCUT2D eigenvalue weighted by atomic mass is 19.1. The fourth-order valence-corrected chi connectivity index (χ4v) is 2.03. The zero-order chi connectivity index (χ0) is 16.8. The topological polar surface area (TPSA) is 67.4 Å². The molecule has 23 heavy (non-hydrogen) atoms. The van der Waals surface area contributed by atoms with Gasteiger partial charge < -0.3 is 4.74 Å². The summed E-state index contributed by atoms with van der Waals surface area (Å²) in [5.41, 5.74) is 6.38. The smallest absolute Gasteiger partial charge is 0.276 e. The molecule has 0 saturated heterocycles. The van der Waals surface area contributed by atoms with Gasteiger partial charge in [-0.3, -0.25) is 20.4 Å². The van der Waals surface area contributed by atoms with Crippen molar-refractivity contribution in [1.29, 1.82) is 0 Å². The van der Waals surface area contributed by atoms with Crippen molar-refractivity contribution in [3.8, 4) is 5.75 Å². The summed E-state index contributed by atoms with van der Waals surface area (Å²) >= 11 is 0. The molecular formula is C17H17FN2O3. The number of rotatable bonds is 4. The molecule has 2 amide bonds. The van der Waals surface area contributed by atoms with Gasteiger partial charge in [-0.2, -0.15) is 0 Å². The van der Waals surface area contributed by atoms with Crippen molar-refractivity contribution in [2.24, 2.45) is 0 Å². The molecule has 5 nitrogen and oxygen atoms in total. The molecule has 120 valence electrons. The quantitative estimate of drug-likeness (QED) is 0.851. The first-order valence-corrected chi connectivity index (χ1v) is 7.01. The summed E-state index contributed by atoms with van der Waals surface area (Å²) in [6.07, 6.45) is 0. The molecule has 2 rings (SSSR count). The summed E-state index contributed by atoms with van der Waals surface area (Å²) in [7, 11) is 0. The third-order valence-electron chi connectivity index (χ3n) is 3.16. The molecular weight excluding hydrogens is 299 g/mol. The second-order valence-electron chi connectivity index (χ2n) is 5.02. The van der Waals surface area contributed by atoms with E-state index in [4.69, 9.17) is 4.74 Å². The van der Waals surface area contributed by atoms with Gasteiger partial charge in [-0.15, -0.1) is 0 Å². The van der Waals surface area contributed by atoms with E-state index in [1.807, 2.05) is 32.0 Å². The van der Waals surface area contributed by atoms with E-state index in [0.29, 0.717) is 5.75 Å². The molecule has 0 saturated carbocycles. The number of aryl methyl sites for hydroxylation is 2. The number of benzene rings is 2. The van der Waals surface area contributed by atoms with Crippen molar-refractivity contribution in [2.45, 2.75) is 13.8 Å². The van der Waals surface area contributed by atoms with Gasteiger partial charge in [0.15, 0.2) is 6.61 Å². The molecule has 6 heteroatoms. The lowest BCUT2D eigenvalue weighted by atomic mass is 10.1. The molecule has 0 aromatic heterocycles. The van der Waals surface area contributed by atoms with Gasteiger partial charge in [-0.05, 0) is 43.2 Å². The SMILES string of the molecule is Cc1cccc(C)c1OCC(=O)NNC(=O)c1cccc(F)c1. The van der Waals surface area contributed by atoms with E-state index in [1.165, 1.54) is 18.2 Å². The number of ether oxygens (including phenoxy) is 1. The van der Waals surface area contributed by atoms with Crippen molar-refractivity contribution < 1.29 is 18.7 Å². The summed E-state index contributed by atoms with van der Waals surface area (Å²) in [4.78, 5) is 23.5. The Kier molecular flexibility index (Phi) is 5.30. The van der Waals surface area contributed by atoms with Crippen molar-refractivity contribution in [3.05, 3.63) is 65.0 Å². The van der Waals surface area contributed by atoms with Gasteiger partial charge in [0.1, 0.15) is 11.6 Å². The molecule has 2 N–H and O–H groups in total. The summed E-state index contributed by atoms with van der Waals surface area (Å²) in [5, 5.41) is 0. The number of nitrogens with one attached hydrogen (secondary N) is 2. The first-order chi connectivity index (χ1) is 11.0. The molecule has 2 aromatic rings. The van der Waals surface area contributed by atoms with Crippen LogP contribution >= 0.6 is 0 Å². The lowest BCUT2D eigenvalue weighted by Crippen LogP contribution is -2.43. The van der Waals surface area contributed by atoms with Gasteiger partial charge in [0.25, 0.3) is 11.8 Å². The third kappa shape index (κ3) is 4.54. The second-order valence-corrected chi connectivity index (χ2v) is 5.02. The third-order valence-corrected chi connectivity index (χ3v) is 3.16. The Morgan fingerprint density at radius 3 is 2.35 bits per heavy atom. The van der Waals surface area contributed by atoms with Gasteiger partial charge >= 0.3 is 0 Å². The Hall–Kier alpha value is -2.89. The molecule has 0 spiro atoms. The Labute approximate surface area is 133 Å². The predicted molar refractivity (Wildman–Crippen MR) is 83.4 cm³/mol. The molecule has 0 aliphatic heterocycles. The van der Waals surface area contributed by atoms with Crippen LogP contribution in [0, 0.1) is 19.7 Å². The number of halogens is 1. The maximum absolute atomic E-state index is 13.0. The van der Waals surface area contributed by atoms with Crippen molar-refractivity contribution >= 4 is 11.8 Å². The molecule has 0 aliphatic rings. The van der Waals surface area contributed by atoms with Crippen molar-refractivity contribution in [1.82, 2.24) is 10.9 Å². The maximum Gasteiger partial charge on any atom is 0.276 e. The van der Waals surface area contributed by atoms with Crippen LogP contribution in [0.15, 0.2) is 42.5 Å². The highest BCUT2D eigenvalue weighted by Gasteiger charge is 2.10. The summed E-state index contributed by atoms with van der Waals surface area (Å²) < 4.78 is 18.5. The molecule has 0 bridgehead atoms. The fraction of sp³-hybridized carbons (Fsp3) is 0.176. The summed E-state index contributed by atoms with van der Waals surface area (Å²) in [6, 6.07) is 10.8. The Balaban J connectivity index is 1.85. The number of hydrogen-bond acceptors (Lipinski definition) is 3. The van der Waals surface area contributed by atoms with Crippen LogP contribution in [-0.4, -0.2) is 18.4 Å². The van der Waals surface area contributed by atoms with Crippen LogP contribution in [-0.2, 0) is 4.79 Å². The van der Waals surface area contributed by atoms with E-state index in [1.54, 1.807) is 0 Å². The number of carbonyl (C=O) groups is 2. The van der Waals surface area contributed by atoms with Crippen LogP contribution in [0.5, 0.6) is 5.75 Å². The zero-order valence-corrected chi connectivity index (χ0v) is 12.9. The molecule has 0 atom stereocenters. The highest BCUT2D eigenvalue weighted by molar-refractivity contribution is 5.95. The number of para-hydroxylation sites is 1. The average molecular weight is 316 g/mol. The van der Waals surface area contributed by atoms with Crippen LogP contribution in [0.2, 0.25) is 0 Å². The van der Waals surface area contributed by atoms with E-state index >= 15 is 0 Å². The van der Waals surface area contributed by atoms with E-state index in [2.05, 4.69) is 10.9 Å². The number of hydrogen-bond donors (Lipinski definition) is 2. The highest BCUT2D eigenvalue weighted by Crippen LogP contribution is 2.21. The van der Waals surface area contributed by atoms with Crippen LogP contribution in [0.1, 0.15) is 21.5 Å². The van der Waals surface area contributed by atoms with Gasteiger partial charge in [0.2, 0.25) is 0 Å². The van der Waals surface area contributed by atoms with E-state index in [0.717, 1.165) is 17.2 Å². The average Bonchev–Trinajstić information content (AvgIpc) is 2.52. The fourth-order valence-electron chi connectivity index (χ4n) is 2.03. The summed E-state index contributed by atoms with van der Waals surface area (Å²) in [5.74, 6) is -1.01. The zero-order valence-electron chi connectivity index (χ0n) is 12.9. The van der Waals surface area contributed by atoms with Crippen molar-refractivity contribution in [3.63, 3.8) is 0 Å². The standard InChI is InChI=1S/C17H17FN2O3/c1-11-5-3-6-12(2)16(11)23-10-15(21)19-20-17(22)13-7-4-8-14(18)9-13/h3-9H,10H2,1-2H3,(H,19,21)(H,20,22). The van der Waals surface area contributed by atoms with Crippen LogP contribution in [0.25, 0.3) is 0 Å². The minimum absolute atomic E-state index is 0.112. The molecule has 0 aliphatic carbocycles. The van der Waals surface area contributed by atoms with E-state index < -0.39 is 17.6 Å². The number of amides is 2. The summed E-state index contributed by atoms with van der Waals surface area (Å²) in [6.45, 7) is 3.52. The Morgan fingerprint density at radius 2 is 1.70 bits per heavy atom. The van der Waals surface area contributed by atoms with E-state index in [-0.39, 0.29) is 12.2 Å². The molecule has 2 aromatic carbocycles. The van der Waals surface area contributed by atoms with Gasteiger partial charge in [-0.1, -0.05) is 24.3 Å². The van der Waals surface area contributed by atoms with Crippen molar-refractivity contribution in [2.75, 3.05) is 6.61 Å². The first-order valence-electron chi connectivity index (χ1n) is 7.01. The molecule has 0 heterocycles. The number of carbonyl (C=O) groups excluding carboxylic acids is 2. The Morgan fingerprint density at radius 1 is 1.04 bits per heavy atom. The van der Waals surface area contributed by atoms with Gasteiger partial charge in [0, 0.05) is 5.56 Å². The Bertz CT molecular complexity index is 711. The van der Waals surface area contributed by atoms with Crippen LogP contribution in [0.4, 0.5) is 4.39 Å². The first kappa shape index (κ1) is 16.5. The maximum atomic E-state index is 13.0. The molecule has 0 radical (unpaired) electrons.